The average Bonchev–Trinajstić information content (AvgIpc) is 2.54. The molecule has 136 valence electrons. The summed E-state index contributed by atoms with van der Waals surface area (Å²) in [6.07, 6.45) is 2.35. The summed E-state index contributed by atoms with van der Waals surface area (Å²) in [5.74, 6) is 1.51. The quantitative estimate of drug-likeness (QED) is 0.249. The lowest BCUT2D eigenvalue weighted by atomic mass is 10.1. The van der Waals surface area contributed by atoms with Gasteiger partial charge in [0.25, 0.3) is 5.91 Å². The number of hydrogen-bond donors (Lipinski definition) is 3. The molecule has 0 aromatic heterocycles. The number of nitrogens with zero attached hydrogens (tertiary/aromatic N) is 1. The third-order valence-electron chi connectivity index (χ3n) is 3.49. The van der Waals surface area contributed by atoms with Gasteiger partial charge in [0, 0.05) is 32.2 Å². The molecule has 3 N–H and O–H groups in total. The highest BCUT2D eigenvalue weighted by Crippen LogP contribution is 2.04. The molecule has 0 spiro atoms. The molecule has 6 heteroatoms. The molecule has 0 aliphatic carbocycles. The molecule has 0 aliphatic heterocycles. The molecule has 0 unspecified atom stereocenters. The van der Waals surface area contributed by atoms with Crippen LogP contribution in [-0.4, -0.2) is 32.0 Å². The Labute approximate surface area is 163 Å². The predicted octanol–water partition coefficient (Wildman–Crippen LogP) is 3.16. The van der Waals surface area contributed by atoms with Crippen LogP contribution < -0.4 is 16.0 Å². The Hall–Kier alpha value is -1.31. The SMILES string of the molecule is CCNC(=O)c1ccc(CNC(=NC)NCCCC(C)C)cc1.I. The van der Waals surface area contributed by atoms with Crippen LogP contribution >= 0.6 is 24.0 Å². The Morgan fingerprint density at radius 1 is 1.12 bits per heavy atom. The Bertz CT molecular complexity index is 500. The van der Waals surface area contributed by atoms with Crippen molar-refractivity contribution in [1.82, 2.24) is 16.0 Å². The molecule has 1 aromatic carbocycles. The van der Waals surface area contributed by atoms with Gasteiger partial charge in [-0.05, 0) is 43.4 Å². The van der Waals surface area contributed by atoms with Gasteiger partial charge in [-0.25, -0.2) is 0 Å². The molecule has 0 heterocycles. The minimum Gasteiger partial charge on any atom is -0.356 e. The molecule has 0 radical (unpaired) electrons. The van der Waals surface area contributed by atoms with Gasteiger partial charge in [0.1, 0.15) is 0 Å². The number of rotatable bonds is 8. The van der Waals surface area contributed by atoms with Crippen molar-refractivity contribution in [3.8, 4) is 0 Å². The summed E-state index contributed by atoms with van der Waals surface area (Å²) in [7, 11) is 1.77. The van der Waals surface area contributed by atoms with Crippen LogP contribution in [0, 0.1) is 5.92 Å². The van der Waals surface area contributed by atoms with Crippen molar-refractivity contribution in [3.63, 3.8) is 0 Å². The number of aliphatic imine (C=N–C) groups is 1. The molecule has 1 rings (SSSR count). The summed E-state index contributed by atoms with van der Waals surface area (Å²) in [5.41, 5.74) is 1.80. The van der Waals surface area contributed by atoms with Gasteiger partial charge >= 0.3 is 0 Å². The van der Waals surface area contributed by atoms with E-state index < -0.39 is 0 Å². The van der Waals surface area contributed by atoms with Gasteiger partial charge < -0.3 is 16.0 Å². The Morgan fingerprint density at radius 3 is 2.33 bits per heavy atom. The normalized spacial score (nSPS) is 11.0. The van der Waals surface area contributed by atoms with Crippen molar-refractivity contribution < 1.29 is 4.79 Å². The minimum absolute atomic E-state index is 0. The highest BCUT2D eigenvalue weighted by atomic mass is 127. The smallest absolute Gasteiger partial charge is 0.251 e. The Morgan fingerprint density at radius 2 is 1.79 bits per heavy atom. The maximum Gasteiger partial charge on any atom is 0.251 e. The number of benzene rings is 1. The molecule has 24 heavy (non-hydrogen) atoms. The number of halogens is 1. The summed E-state index contributed by atoms with van der Waals surface area (Å²) in [6.45, 7) is 8.62. The van der Waals surface area contributed by atoms with Gasteiger partial charge in [-0.2, -0.15) is 0 Å². The van der Waals surface area contributed by atoms with Crippen LogP contribution in [0.25, 0.3) is 0 Å². The van der Waals surface area contributed by atoms with E-state index in [0.29, 0.717) is 18.7 Å². The highest BCUT2D eigenvalue weighted by molar-refractivity contribution is 14.0. The van der Waals surface area contributed by atoms with Gasteiger partial charge in [0.15, 0.2) is 5.96 Å². The lowest BCUT2D eigenvalue weighted by molar-refractivity contribution is 0.0956. The Balaban J connectivity index is 0.00000529. The maximum atomic E-state index is 11.7. The number of guanidine groups is 1. The number of carbonyl (C=O) groups excluding carboxylic acids is 1. The van der Waals surface area contributed by atoms with Crippen LogP contribution in [0.5, 0.6) is 0 Å². The van der Waals surface area contributed by atoms with E-state index in [9.17, 15) is 4.79 Å². The predicted molar refractivity (Wildman–Crippen MR) is 112 cm³/mol. The molecule has 0 bridgehead atoms. The van der Waals surface area contributed by atoms with Crippen molar-refractivity contribution >= 4 is 35.8 Å². The van der Waals surface area contributed by atoms with Gasteiger partial charge in [0.2, 0.25) is 0 Å². The molecule has 0 fully saturated rings. The van der Waals surface area contributed by atoms with E-state index in [4.69, 9.17) is 0 Å². The van der Waals surface area contributed by atoms with E-state index in [1.54, 1.807) is 7.05 Å². The first-order valence-corrected chi connectivity index (χ1v) is 8.38. The molecule has 0 aliphatic rings. The van der Waals surface area contributed by atoms with Crippen LogP contribution in [0.1, 0.15) is 49.5 Å². The number of amides is 1. The van der Waals surface area contributed by atoms with Gasteiger partial charge in [-0.15, -0.1) is 24.0 Å². The van der Waals surface area contributed by atoms with Crippen molar-refractivity contribution in [3.05, 3.63) is 35.4 Å². The molecule has 0 saturated carbocycles. The van der Waals surface area contributed by atoms with E-state index >= 15 is 0 Å². The zero-order chi connectivity index (χ0) is 17.1. The lowest BCUT2D eigenvalue weighted by Crippen LogP contribution is -2.37. The molecule has 1 aromatic rings. The van der Waals surface area contributed by atoms with Crippen LogP contribution in [0.2, 0.25) is 0 Å². The Kier molecular flexibility index (Phi) is 12.3. The zero-order valence-corrected chi connectivity index (χ0v) is 17.5. The highest BCUT2D eigenvalue weighted by Gasteiger charge is 2.04. The third kappa shape index (κ3) is 9.10. The largest absolute Gasteiger partial charge is 0.356 e. The fraction of sp³-hybridized carbons (Fsp3) is 0.556. The fourth-order valence-electron chi connectivity index (χ4n) is 2.16. The first-order valence-electron chi connectivity index (χ1n) is 8.38. The van der Waals surface area contributed by atoms with Crippen molar-refractivity contribution in [1.29, 1.82) is 0 Å². The summed E-state index contributed by atoms with van der Waals surface area (Å²) < 4.78 is 0. The van der Waals surface area contributed by atoms with E-state index in [1.165, 1.54) is 6.42 Å². The number of nitrogens with one attached hydrogen (secondary N) is 3. The third-order valence-corrected chi connectivity index (χ3v) is 3.49. The molecular formula is C18H31IN4O. The van der Waals surface area contributed by atoms with E-state index in [0.717, 1.165) is 30.4 Å². The van der Waals surface area contributed by atoms with Gasteiger partial charge in [0.05, 0.1) is 0 Å². The fourth-order valence-corrected chi connectivity index (χ4v) is 2.16. The first-order chi connectivity index (χ1) is 11.1. The number of carbonyl (C=O) groups is 1. The van der Waals surface area contributed by atoms with Crippen LogP contribution in [0.4, 0.5) is 0 Å². The van der Waals surface area contributed by atoms with E-state index in [1.807, 2.05) is 31.2 Å². The number of hydrogen-bond acceptors (Lipinski definition) is 2. The summed E-state index contributed by atoms with van der Waals surface area (Å²) in [6, 6.07) is 7.62. The summed E-state index contributed by atoms with van der Waals surface area (Å²) in [4.78, 5) is 15.9. The van der Waals surface area contributed by atoms with Crippen LogP contribution in [0.15, 0.2) is 29.3 Å². The average molecular weight is 446 g/mol. The summed E-state index contributed by atoms with van der Waals surface area (Å²) in [5, 5.41) is 9.40. The van der Waals surface area contributed by atoms with Crippen molar-refractivity contribution in [2.24, 2.45) is 10.9 Å². The minimum atomic E-state index is -0.0327. The topological polar surface area (TPSA) is 65.5 Å². The second kappa shape index (κ2) is 13.0. The molecule has 1 amide bonds. The second-order valence-electron chi connectivity index (χ2n) is 5.94. The molecule has 0 saturated heterocycles. The summed E-state index contributed by atoms with van der Waals surface area (Å²) >= 11 is 0. The monoisotopic (exact) mass is 446 g/mol. The van der Waals surface area contributed by atoms with Crippen molar-refractivity contribution in [2.45, 2.75) is 40.2 Å². The zero-order valence-electron chi connectivity index (χ0n) is 15.2. The van der Waals surface area contributed by atoms with Gasteiger partial charge in [-0.1, -0.05) is 26.0 Å². The van der Waals surface area contributed by atoms with Crippen LogP contribution in [0.3, 0.4) is 0 Å². The van der Waals surface area contributed by atoms with E-state index in [2.05, 4.69) is 34.8 Å². The van der Waals surface area contributed by atoms with Gasteiger partial charge in [-0.3, -0.25) is 9.79 Å². The maximum absolute atomic E-state index is 11.7. The molecule has 5 nitrogen and oxygen atoms in total. The standard InChI is InChI=1S/C18H30N4O.HI/c1-5-20-17(23)16-10-8-15(9-11-16)13-22-18(19-4)21-12-6-7-14(2)3;/h8-11,14H,5-7,12-13H2,1-4H3,(H,20,23)(H2,19,21,22);1H. The molecular weight excluding hydrogens is 415 g/mol. The van der Waals surface area contributed by atoms with E-state index in [-0.39, 0.29) is 29.9 Å². The van der Waals surface area contributed by atoms with Crippen molar-refractivity contribution in [2.75, 3.05) is 20.1 Å². The first kappa shape index (κ1) is 22.7. The van der Waals surface area contributed by atoms with Crippen LogP contribution in [-0.2, 0) is 6.54 Å². The molecule has 0 atom stereocenters. The second-order valence-corrected chi connectivity index (χ2v) is 5.94. The lowest BCUT2D eigenvalue weighted by Gasteiger charge is -2.12.